The zero-order chi connectivity index (χ0) is 13.4. The molecule has 3 atom stereocenters. The average Bonchev–Trinajstić information content (AvgIpc) is 2.36. The van der Waals surface area contributed by atoms with Gasteiger partial charge in [-0.1, -0.05) is 13.3 Å². The maximum absolute atomic E-state index is 12.1. The summed E-state index contributed by atoms with van der Waals surface area (Å²) < 4.78 is 4.99. The largest absolute Gasteiger partial charge is 0.385 e. The van der Waals surface area contributed by atoms with E-state index in [9.17, 15) is 4.79 Å². The maximum Gasteiger partial charge on any atom is 0.223 e. The van der Waals surface area contributed by atoms with Crippen molar-refractivity contribution < 1.29 is 9.53 Å². The van der Waals surface area contributed by atoms with Gasteiger partial charge in [-0.3, -0.25) is 4.79 Å². The summed E-state index contributed by atoms with van der Waals surface area (Å²) in [7, 11) is 1.72. The van der Waals surface area contributed by atoms with Gasteiger partial charge in [0.05, 0.1) is 0 Å². The number of carbonyl (C=O) groups excluding carboxylic acids is 1. The average molecular weight is 256 g/mol. The summed E-state index contributed by atoms with van der Waals surface area (Å²) in [5.41, 5.74) is 6.02. The van der Waals surface area contributed by atoms with Gasteiger partial charge in [-0.25, -0.2) is 0 Å². The molecule has 1 aliphatic rings. The second kappa shape index (κ2) is 8.48. The minimum Gasteiger partial charge on any atom is -0.385 e. The molecule has 0 radical (unpaired) electrons. The van der Waals surface area contributed by atoms with Gasteiger partial charge in [-0.05, 0) is 38.0 Å². The molecule has 0 spiro atoms. The fraction of sp³-hybridized carbons (Fsp3) is 0.929. The van der Waals surface area contributed by atoms with Crippen molar-refractivity contribution in [2.45, 2.75) is 51.5 Å². The highest BCUT2D eigenvalue weighted by molar-refractivity contribution is 5.79. The number of hydrogen-bond acceptors (Lipinski definition) is 3. The lowest BCUT2D eigenvalue weighted by Gasteiger charge is -2.32. The number of amides is 1. The third kappa shape index (κ3) is 4.94. The van der Waals surface area contributed by atoms with Gasteiger partial charge in [-0.2, -0.15) is 0 Å². The highest BCUT2D eigenvalue weighted by Crippen LogP contribution is 2.28. The Hall–Kier alpha value is -0.610. The molecule has 1 rings (SSSR count). The van der Waals surface area contributed by atoms with E-state index in [1.807, 2.05) is 0 Å². The number of carbonyl (C=O) groups is 1. The molecule has 4 nitrogen and oxygen atoms in total. The van der Waals surface area contributed by atoms with E-state index in [4.69, 9.17) is 10.5 Å². The molecule has 1 saturated carbocycles. The fourth-order valence-electron chi connectivity index (χ4n) is 2.66. The van der Waals surface area contributed by atoms with Gasteiger partial charge < -0.3 is 15.8 Å². The topological polar surface area (TPSA) is 64.3 Å². The Bertz CT molecular complexity index is 246. The van der Waals surface area contributed by atoms with Crippen LogP contribution in [0, 0.1) is 11.8 Å². The smallest absolute Gasteiger partial charge is 0.223 e. The molecule has 0 saturated heterocycles. The number of nitrogens with one attached hydrogen (secondary N) is 1. The Morgan fingerprint density at radius 1 is 1.33 bits per heavy atom. The summed E-state index contributed by atoms with van der Waals surface area (Å²) in [6, 6.07) is 0.191. The molecule has 18 heavy (non-hydrogen) atoms. The van der Waals surface area contributed by atoms with E-state index in [1.165, 1.54) is 0 Å². The first kappa shape index (κ1) is 15.4. The zero-order valence-electron chi connectivity index (χ0n) is 11.8. The van der Waals surface area contributed by atoms with E-state index >= 15 is 0 Å². The van der Waals surface area contributed by atoms with E-state index < -0.39 is 0 Å². The van der Waals surface area contributed by atoms with Gasteiger partial charge >= 0.3 is 0 Å². The molecule has 3 N–H and O–H groups in total. The Balaban J connectivity index is 2.15. The number of nitrogens with two attached hydrogens (primary N) is 1. The van der Waals surface area contributed by atoms with Crippen molar-refractivity contribution in [3.05, 3.63) is 0 Å². The first-order valence-electron chi connectivity index (χ1n) is 7.19. The molecule has 0 aromatic carbocycles. The predicted molar refractivity (Wildman–Crippen MR) is 73.2 cm³/mol. The first-order valence-corrected chi connectivity index (χ1v) is 7.19. The van der Waals surface area contributed by atoms with Gasteiger partial charge in [0.15, 0.2) is 0 Å². The molecule has 1 aliphatic carbocycles. The van der Waals surface area contributed by atoms with Gasteiger partial charge in [0.25, 0.3) is 0 Å². The van der Waals surface area contributed by atoms with Crippen LogP contribution < -0.4 is 11.1 Å². The Morgan fingerprint density at radius 2 is 2.11 bits per heavy atom. The minimum atomic E-state index is 0.118. The standard InChI is InChI=1S/C14H28N2O2/c1-11-12(7-6-8-13(11)15)14(17)16-9-4-3-5-10-18-2/h11-13H,3-10,15H2,1-2H3,(H,16,17). The molecule has 4 heteroatoms. The molecule has 0 heterocycles. The molecule has 0 bridgehead atoms. The summed E-state index contributed by atoms with van der Waals surface area (Å²) >= 11 is 0. The molecule has 3 unspecified atom stereocenters. The van der Waals surface area contributed by atoms with Crippen LogP contribution in [0.1, 0.15) is 45.4 Å². The van der Waals surface area contributed by atoms with Crippen LogP contribution in [0.4, 0.5) is 0 Å². The summed E-state index contributed by atoms with van der Waals surface area (Å²) in [6.45, 7) is 3.69. The molecular weight excluding hydrogens is 228 g/mol. The van der Waals surface area contributed by atoms with Crippen LogP contribution in [0.3, 0.4) is 0 Å². The third-order valence-electron chi connectivity index (χ3n) is 4.02. The summed E-state index contributed by atoms with van der Waals surface area (Å²) in [6.07, 6.45) is 6.33. The summed E-state index contributed by atoms with van der Waals surface area (Å²) in [5, 5.41) is 3.04. The monoisotopic (exact) mass is 256 g/mol. The normalized spacial score (nSPS) is 28.1. The van der Waals surface area contributed by atoms with Crippen molar-refractivity contribution in [3.8, 4) is 0 Å². The highest BCUT2D eigenvalue weighted by Gasteiger charge is 2.32. The van der Waals surface area contributed by atoms with Crippen LogP contribution in [-0.2, 0) is 9.53 Å². The second-order valence-electron chi connectivity index (χ2n) is 5.40. The molecule has 0 aromatic rings. The summed E-state index contributed by atoms with van der Waals surface area (Å²) in [4.78, 5) is 12.1. The number of hydrogen-bond donors (Lipinski definition) is 2. The third-order valence-corrected chi connectivity index (χ3v) is 4.02. The molecular formula is C14H28N2O2. The van der Waals surface area contributed by atoms with E-state index in [2.05, 4.69) is 12.2 Å². The number of methoxy groups -OCH3 is 1. The van der Waals surface area contributed by atoms with Crippen LogP contribution in [0.25, 0.3) is 0 Å². The van der Waals surface area contributed by atoms with Crippen molar-refractivity contribution in [1.82, 2.24) is 5.32 Å². The minimum absolute atomic E-state index is 0.118. The van der Waals surface area contributed by atoms with Crippen LogP contribution in [0.2, 0.25) is 0 Å². The second-order valence-corrected chi connectivity index (χ2v) is 5.40. The maximum atomic E-state index is 12.1. The SMILES string of the molecule is COCCCCCNC(=O)C1CCCC(N)C1C. The van der Waals surface area contributed by atoms with Crippen molar-refractivity contribution in [1.29, 1.82) is 0 Å². The lowest BCUT2D eigenvalue weighted by Crippen LogP contribution is -2.44. The molecule has 1 amide bonds. The van der Waals surface area contributed by atoms with Crippen LogP contribution in [-0.4, -0.2) is 32.2 Å². The van der Waals surface area contributed by atoms with E-state index in [-0.39, 0.29) is 17.9 Å². The number of ether oxygens (including phenoxy) is 1. The van der Waals surface area contributed by atoms with Crippen molar-refractivity contribution in [2.24, 2.45) is 17.6 Å². The van der Waals surface area contributed by atoms with Crippen LogP contribution in [0.15, 0.2) is 0 Å². The molecule has 0 aliphatic heterocycles. The Morgan fingerprint density at radius 3 is 2.83 bits per heavy atom. The Kier molecular flexibility index (Phi) is 7.28. The van der Waals surface area contributed by atoms with Gasteiger partial charge in [0.2, 0.25) is 5.91 Å². The molecule has 106 valence electrons. The quantitative estimate of drug-likeness (QED) is 0.681. The molecule has 1 fully saturated rings. The van der Waals surface area contributed by atoms with Crippen LogP contribution in [0.5, 0.6) is 0 Å². The first-order chi connectivity index (χ1) is 8.66. The van der Waals surface area contributed by atoms with Crippen LogP contribution >= 0.6 is 0 Å². The summed E-state index contributed by atoms with van der Waals surface area (Å²) in [5.74, 6) is 0.629. The lowest BCUT2D eigenvalue weighted by molar-refractivity contribution is -0.127. The molecule has 0 aromatic heterocycles. The lowest BCUT2D eigenvalue weighted by atomic mass is 9.77. The predicted octanol–water partition coefficient (Wildman–Crippen LogP) is 1.68. The highest BCUT2D eigenvalue weighted by atomic mass is 16.5. The van der Waals surface area contributed by atoms with E-state index in [0.717, 1.165) is 51.7 Å². The van der Waals surface area contributed by atoms with Crippen molar-refractivity contribution >= 4 is 5.91 Å². The Labute approximate surface area is 111 Å². The van der Waals surface area contributed by atoms with Gasteiger partial charge in [0, 0.05) is 32.2 Å². The van der Waals surface area contributed by atoms with E-state index in [0.29, 0.717) is 5.92 Å². The van der Waals surface area contributed by atoms with Crippen molar-refractivity contribution in [2.75, 3.05) is 20.3 Å². The number of rotatable bonds is 7. The zero-order valence-corrected chi connectivity index (χ0v) is 11.8. The fourth-order valence-corrected chi connectivity index (χ4v) is 2.66. The number of unbranched alkanes of at least 4 members (excludes halogenated alkanes) is 2. The van der Waals surface area contributed by atoms with Gasteiger partial charge in [0.1, 0.15) is 0 Å². The van der Waals surface area contributed by atoms with Gasteiger partial charge in [-0.15, -0.1) is 0 Å². The van der Waals surface area contributed by atoms with Crippen molar-refractivity contribution in [3.63, 3.8) is 0 Å². The van der Waals surface area contributed by atoms with E-state index in [1.54, 1.807) is 7.11 Å².